The number of hydrogen-bond donors (Lipinski definition) is 1. The number of rotatable bonds is 5. The maximum Gasteiger partial charge on any atom is 0.226 e. The van der Waals surface area contributed by atoms with E-state index in [1.165, 1.54) is 0 Å². The zero-order chi connectivity index (χ0) is 16.9. The summed E-state index contributed by atoms with van der Waals surface area (Å²) >= 11 is 0. The van der Waals surface area contributed by atoms with E-state index in [4.69, 9.17) is 4.42 Å². The summed E-state index contributed by atoms with van der Waals surface area (Å²) in [5.74, 6) is 1.47. The van der Waals surface area contributed by atoms with E-state index in [2.05, 4.69) is 25.2 Å². The van der Waals surface area contributed by atoms with Gasteiger partial charge in [0.25, 0.3) is 0 Å². The molecule has 0 bridgehead atoms. The molecule has 25 heavy (non-hydrogen) atoms. The first-order valence-electron chi connectivity index (χ1n) is 8.64. The molecule has 0 radical (unpaired) electrons. The largest absolute Gasteiger partial charge is 0.444 e. The predicted octanol–water partition coefficient (Wildman–Crippen LogP) is 2.89. The molecule has 0 saturated carbocycles. The molecule has 1 aliphatic heterocycles. The van der Waals surface area contributed by atoms with Gasteiger partial charge in [0.2, 0.25) is 11.8 Å². The van der Waals surface area contributed by atoms with Gasteiger partial charge in [-0.2, -0.15) is 0 Å². The molecule has 1 aliphatic rings. The van der Waals surface area contributed by atoms with Gasteiger partial charge in [0.05, 0.1) is 5.69 Å². The highest BCUT2D eigenvalue weighted by molar-refractivity contribution is 5.52. The van der Waals surface area contributed by atoms with Gasteiger partial charge >= 0.3 is 0 Å². The lowest BCUT2D eigenvalue weighted by atomic mass is 10.1. The summed E-state index contributed by atoms with van der Waals surface area (Å²) in [5, 5.41) is 3.58. The van der Waals surface area contributed by atoms with Crippen LogP contribution in [0.15, 0.2) is 59.5 Å². The fraction of sp³-hybridized carbons (Fsp3) is 0.316. The van der Waals surface area contributed by atoms with Crippen LogP contribution < -0.4 is 10.2 Å². The number of hydrogen-bond acceptors (Lipinski definition) is 6. The van der Waals surface area contributed by atoms with Crippen LogP contribution in [0.2, 0.25) is 0 Å². The third-order valence-electron chi connectivity index (χ3n) is 4.40. The van der Waals surface area contributed by atoms with E-state index in [-0.39, 0.29) is 0 Å². The molecule has 0 amide bonds. The predicted molar refractivity (Wildman–Crippen MR) is 96.0 cm³/mol. The summed E-state index contributed by atoms with van der Waals surface area (Å²) in [6.07, 6.45) is 7.59. The maximum absolute atomic E-state index is 5.60. The van der Waals surface area contributed by atoms with Crippen molar-refractivity contribution in [2.24, 2.45) is 0 Å². The zero-order valence-electron chi connectivity index (χ0n) is 14.0. The van der Waals surface area contributed by atoms with Crippen molar-refractivity contribution in [2.45, 2.75) is 25.4 Å². The Morgan fingerprint density at radius 2 is 1.96 bits per heavy atom. The van der Waals surface area contributed by atoms with Crippen LogP contribution in [0.4, 0.5) is 5.95 Å². The van der Waals surface area contributed by atoms with Gasteiger partial charge in [-0.15, -0.1) is 0 Å². The molecule has 1 unspecified atom stereocenters. The molecule has 1 fully saturated rings. The molecule has 3 aromatic rings. The Labute approximate surface area is 146 Å². The molecule has 3 heterocycles. The number of nitrogens with one attached hydrogen (secondary N) is 1. The van der Waals surface area contributed by atoms with Crippen LogP contribution in [0.1, 0.15) is 18.5 Å². The molecule has 0 spiro atoms. The molecule has 1 aromatic carbocycles. The van der Waals surface area contributed by atoms with Crippen LogP contribution in [0, 0.1) is 0 Å². The average Bonchev–Trinajstić information content (AvgIpc) is 3.17. The van der Waals surface area contributed by atoms with Gasteiger partial charge < -0.3 is 14.6 Å². The van der Waals surface area contributed by atoms with Crippen molar-refractivity contribution in [2.75, 3.05) is 18.0 Å². The molecule has 1 atom stereocenters. The van der Waals surface area contributed by atoms with Gasteiger partial charge in [-0.25, -0.2) is 15.0 Å². The number of nitrogens with zero attached hydrogens (tertiary/aromatic N) is 4. The van der Waals surface area contributed by atoms with Gasteiger partial charge in [0.15, 0.2) is 0 Å². The Morgan fingerprint density at radius 1 is 1.12 bits per heavy atom. The molecule has 128 valence electrons. The lowest BCUT2D eigenvalue weighted by molar-refractivity contribution is 0.416. The lowest BCUT2D eigenvalue weighted by Crippen LogP contribution is -2.46. The summed E-state index contributed by atoms with van der Waals surface area (Å²) < 4.78 is 5.60. The summed E-state index contributed by atoms with van der Waals surface area (Å²) in [5.41, 5.74) is 1.92. The number of aromatic nitrogens is 3. The maximum atomic E-state index is 5.60. The number of piperidine rings is 1. The fourth-order valence-corrected chi connectivity index (χ4v) is 3.13. The normalized spacial score (nSPS) is 17.6. The van der Waals surface area contributed by atoms with E-state index in [1.807, 2.05) is 36.4 Å². The van der Waals surface area contributed by atoms with Crippen molar-refractivity contribution in [1.29, 1.82) is 0 Å². The molecule has 1 saturated heterocycles. The topological polar surface area (TPSA) is 67.1 Å². The SMILES string of the molecule is c1ccc(-c2nc(CNC3CCCN(c4ncccn4)C3)co2)cc1. The van der Waals surface area contributed by atoms with Crippen LogP contribution in [0.3, 0.4) is 0 Å². The van der Waals surface area contributed by atoms with Crippen LogP contribution in [-0.2, 0) is 6.54 Å². The Kier molecular flexibility index (Phi) is 4.70. The zero-order valence-corrected chi connectivity index (χ0v) is 14.0. The van der Waals surface area contributed by atoms with Crippen LogP contribution >= 0.6 is 0 Å². The van der Waals surface area contributed by atoms with Crippen LogP contribution in [0.25, 0.3) is 11.5 Å². The van der Waals surface area contributed by atoms with Gasteiger partial charge in [-0.05, 0) is 31.0 Å². The summed E-state index contributed by atoms with van der Waals surface area (Å²) in [6, 6.07) is 12.2. The highest BCUT2D eigenvalue weighted by Gasteiger charge is 2.21. The van der Waals surface area contributed by atoms with E-state index in [0.29, 0.717) is 18.5 Å². The summed E-state index contributed by atoms with van der Waals surface area (Å²) in [4.78, 5) is 15.5. The number of anilines is 1. The Bertz CT molecular complexity index is 790. The Morgan fingerprint density at radius 3 is 2.80 bits per heavy atom. The van der Waals surface area contributed by atoms with Crippen molar-refractivity contribution in [3.05, 3.63) is 60.7 Å². The molecule has 0 aliphatic carbocycles. The van der Waals surface area contributed by atoms with Gasteiger partial charge in [0, 0.05) is 43.6 Å². The molecule has 4 rings (SSSR count). The third kappa shape index (κ3) is 3.85. The smallest absolute Gasteiger partial charge is 0.226 e. The van der Waals surface area contributed by atoms with E-state index in [9.17, 15) is 0 Å². The second kappa shape index (κ2) is 7.44. The quantitative estimate of drug-likeness (QED) is 0.773. The van der Waals surface area contributed by atoms with Crippen molar-refractivity contribution in [1.82, 2.24) is 20.3 Å². The number of benzene rings is 1. The first-order chi connectivity index (χ1) is 12.4. The average molecular weight is 335 g/mol. The van der Waals surface area contributed by atoms with Gasteiger partial charge in [-0.1, -0.05) is 18.2 Å². The molecule has 6 nitrogen and oxygen atoms in total. The molecular formula is C19H21N5O. The van der Waals surface area contributed by atoms with Gasteiger partial charge in [-0.3, -0.25) is 0 Å². The van der Waals surface area contributed by atoms with Crippen molar-refractivity contribution < 1.29 is 4.42 Å². The molecular weight excluding hydrogens is 314 g/mol. The highest BCUT2D eigenvalue weighted by atomic mass is 16.3. The van der Waals surface area contributed by atoms with E-state index < -0.39 is 0 Å². The standard InChI is InChI=1S/C19H21N5O/c1-2-6-15(7-3-1)18-23-17(14-25-18)12-22-16-8-4-11-24(13-16)19-20-9-5-10-21-19/h1-3,5-7,9-10,14,16,22H,4,8,11-13H2. The van der Waals surface area contributed by atoms with E-state index in [1.54, 1.807) is 18.7 Å². The van der Waals surface area contributed by atoms with Crippen LogP contribution in [-0.4, -0.2) is 34.1 Å². The van der Waals surface area contributed by atoms with Gasteiger partial charge in [0.1, 0.15) is 6.26 Å². The van der Waals surface area contributed by atoms with Crippen molar-refractivity contribution in [3.63, 3.8) is 0 Å². The van der Waals surface area contributed by atoms with Crippen molar-refractivity contribution >= 4 is 5.95 Å². The molecule has 1 N–H and O–H groups in total. The molecule has 6 heteroatoms. The molecule has 2 aromatic heterocycles. The second-order valence-corrected chi connectivity index (χ2v) is 6.22. The first-order valence-corrected chi connectivity index (χ1v) is 8.64. The minimum Gasteiger partial charge on any atom is -0.444 e. The second-order valence-electron chi connectivity index (χ2n) is 6.22. The third-order valence-corrected chi connectivity index (χ3v) is 4.40. The summed E-state index contributed by atoms with van der Waals surface area (Å²) in [6.45, 7) is 2.61. The minimum atomic E-state index is 0.398. The highest BCUT2D eigenvalue weighted by Crippen LogP contribution is 2.19. The first kappa shape index (κ1) is 15.8. The Balaban J connectivity index is 1.35. The number of oxazole rings is 1. The van der Waals surface area contributed by atoms with Crippen LogP contribution in [0.5, 0.6) is 0 Å². The summed E-state index contributed by atoms with van der Waals surface area (Å²) in [7, 11) is 0. The fourth-order valence-electron chi connectivity index (χ4n) is 3.13. The van der Waals surface area contributed by atoms with E-state index in [0.717, 1.165) is 43.1 Å². The Hall–Kier alpha value is -2.73. The van der Waals surface area contributed by atoms with E-state index >= 15 is 0 Å². The monoisotopic (exact) mass is 335 g/mol. The lowest BCUT2D eigenvalue weighted by Gasteiger charge is -2.33. The van der Waals surface area contributed by atoms with Crippen molar-refractivity contribution in [3.8, 4) is 11.5 Å². The minimum absolute atomic E-state index is 0.398.